The van der Waals surface area contributed by atoms with Crippen molar-refractivity contribution in [3.8, 4) is 0 Å². The summed E-state index contributed by atoms with van der Waals surface area (Å²) in [6.07, 6.45) is 1.92. The van der Waals surface area contributed by atoms with Gasteiger partial charge in [-0.1, -0.05) is 11.6 Å². The minimum absolute atomic E-state index is 0.168. The van der Waals surface area contributed by atoms with E-state index in [9.17, 15) is 22.4 Å². The Kier molecular flexibility index (Phi) is 5.90. The zero-order chi connectivity index (χ0) is 22.2. The van der Waals surface area contributed by atoms with Crippen LogP contribution in [0.25, 0.3) is 0 Å². The van der Waals surface area contributed by atoms with Gasteiger partial charge in [-0.05, 0) is 55.3 Å². The fourth-order valence-corrected chi connectivity index (χ4v) is 4.77. The van der Waals surface area contributed by atoms with E-state index in [2.05, 4.69) is 4.72 Å². The van der Waals surface area contributed by atoms with Crippen LogP contribution < -0.4 is 4.72 Å². The van der Waals surface area contributed by atoms with Crippen LogP contribution in [0.2, 0.25) is 5.02 Å². The lowest BCUT2D eigenvalue weighted by molar-refractivity contribution is -0.134. The number of carbonyl (C=O) groups is 2. The van der Waals surface area contributed by atoms with Crippen molar-refractivity contribution in [2.45, 2.75) is 17.7 Å². The van der Waals surface area contributed by atoms with Gasteiger partial charge in [-0.2, -0.15) is 0 Å². The van der Waals surface area contributed by atoms with Crippen molar-refractivity contribution in [3.05, 3.63) is 58.9 Å². The van der Waals surface area contributed by atoms with Crippen molar-refractivity contribution in [1.82, 2.24) is 9.80 Å². The number of nitrogens with one attached hydrogen (secondary N) is 1. The summed E-state index contributed by atoms with van der Waals surface area (Å²) < 4.78 is 40.6. The quantitative estimate of drug-likeness (QED) is 0.735. The first-order chi connectivity index (χ1) is 14.7. The van der Waals surface area contributed by atoms with Gasteiger partial charge in [-0.15, -0.1) is 0 Å². The number of hydrogen-bond donors (Lipinski definition) is 1. The van der Waals surface area contributed by atoms with E-state index in [1.165, 1.54) is 12.1 Å². The van der Waals surface area contributed by atoms with Gasteiger partial charge in [0.05, 0.1) is 9.92 Å². The Bertz CT molecular complexity index is 1110. The number of rotatable bonds is 5. The topological polar surface area (TPSA) is 86.8 Å². The highest BCUT2D eigenvalue weighted by Crippen LogP contribution is 2.31. The Balaban J connectivity index is 1.38. The van der Waals surface area contributed by atoms with Gasteiger partial charge in [0.15, 0.2) is 0 Å². The minimum atomic E-state index is -3.96. The standard InChI is InChI=1S/C21H21ClFN3O4S/c22-18-13-17(7-8-19(18)23)31(29,30)24-16-5-3-15(4-6-16)21(28)26-11-9-25(10-12-26)20(27)14-1-2-14/h3-8,13-14,24H,1-2,9-12H2. The van der Waals surface area contributed by atoms with Crippen LogP contribution in [0.5, 0.6) is 0 Å². The summed E-state index contributed by atoms with van der Waals surface area (Å²) >= 11 is 5.67. The third kappa shape index (κ3) is 4.83. The molecule has 2 aromatic carbocycles. The molecule has 0 unspecified atom stereocenters. The van der Waals surface area contributed by atoms with E-state index in [0.29, 0.717) is 31.7 Å². The molecule has 2 fully saturated rings. The van der Waals surface area contributed by atoms with Crippen molar-refractivity contribution in [3.63, 3.8) is 0 Å². The Hall–Kier alpha value is -2.65. The first-order valence-corrected chi connectivity index (χ1v) is 11.8. The number of carbonyl (C=O) groups excluding carboxylic acids is 2. The number of hydrogen-bond acceptors (Lipinski definition) is 4. The Morgan fingerprint density at radius 2 is 1.58 bits per heavy atom. The second-order valence-corrected chi connectivity index (χ2v) is 9.74. The smallest absolute Gasteiger partial charge is 0.261 e. The van der Waals surface area contributed by atoms with E-state index in [1.807, 2.05) is 4.90 Å². The maximum atomic E-state index is 13.3. The summed E-state index contributed by atoms with van der Waals surface area (Å²) in [6, 6.07) is 9.20. The van der Waals surface area contributed by atoms with Gasteiger partial charge in [0, 0.05) is 43.3 Å². The average molecular weight is 466 g/mol. The molecule has 1 aliphatic carbocycles. The summed E-state index contributed by atoms with van der Waals surface area (Å²) in [5.74, 6) is -0.518. The van der Waals surface area contributed by atoms with Crippen LogP contribution in [-0.2, 0) is 14.8 Å². The van der Waals surface area contributed by atoms with E-state index >= 15 is 0 Å². The van der Waals surface area contributed by atoms with Gasteiger partial charge in [0.25, 0.3) is 15.9 Å². The van der Waals surface area contributed by atoms with Crippen LogP contribution in [0.3, 0.4) is 0 Å². The highest BCUT2D eigenvalue weighted by molar-refractivity contribution is 7.92. The first-order valence-electron chi connectivity index (χ1n) is 9.90. The summed E-state index contributed by atoms with van der Waals surface area (Å²) in [5.41, 5.74) is 0.687. The number of halogens is 2. The van der Waals surface area contributed by atoms with E-state index in [4.69, 9.17) is 11.6 Å². The van der Waals surface area contributed by atoms with E-state index in [0.717, 1.165) is 31.0 Å². The number of anilines is 1. The minimum Gasteiger partial charge on any atom is -0.339 e. The molecule has 0 atom stereocenters. The SMILES string of the molecule is O=C(c1ccc(NS(=O)(=O)c2ccc(F)c(Cl)c2)cc1)N1CCN(C(=O)C2CC2)CC1. The molecule has 1 saturated heterocycles. The predicted molar refractivity (Wildman–Crippen MR) is 114 cm³/mol. The van der Waals surface area contributed by atoms with Gasteiger partial charge in [-0.3, -0.25) is 14.3 Å². The van der Waals surface area contributed by atoms with Crippen LogP contribution in [0.1, 0.15) is 23.2 Å². The Morgan fingerprint density at radius 1 is 0.968 bits per heavy atom. The van der Waals surface area contributed by atoms with Crippen molar-refractivity contribution in [1.29, 1.82) is 0 Å². The summed E-state index contributed by atoms with van der Waals surface area (Å²) in [7, 11) is -3.96. The molecule has 0 bridgehead atoms. The van der Waals surface area contributed by atoms with Gasteiger partial charge in [-0.25, -0.2) is 12.8 Å². The summed E-state index contributed by atoms with van der Waals surface area (Å²) in [6.45, 7) is 1.99. The molecule has 0 radical (unpaired) electrons. The molecule has 7 nitrogen and oxygen atoms in total. The predicted octanol–water partition coefficient (Wildman–Crippen LogP) is 2.97. The molecule has 0 spiro atoms. The number of amides is 2. The summed E-state index contributed by atoms with van der Waals surface area (Å²) in [5, 5.41) is -0.289. The number of piperazine rings is 1. The normalized spacial score (nSPS) is 16.8. The molecule has 10 heteroatoms. The highest BCUT2D eigenvalue weighted by Gasteiger charge is 2.35. The van der Waals surface area contributed by atoms with Gasteiger partial charge < -0.3 is 9.80 Å². The van der Waals surface area contributed by atoms with Crippen molar-refractivity contribution < 1.29 is 22.4 Å². The molecular weight excluding hydrogens is 445 g/mol. The highest BCUT2D eigenvalue weighted by atomic mass is 35.5. The van der Waals surface area contributed by atoms with Crippen LogP contribution in [-0.4, -0.2) is 56.2 Å². The first kappa shape index (κ1) is 21.6. The maximum absolute atomic E-state index is 13.3. The Morgan fingerprint density at radius 3 is 2.16 bits per heavy atom. The third-order valence-corrected chi connectivity index (χ3v) is 7.06. The van der Waals surface area contributed by atoms with E-state index in [1.54, 1.807) is 17.0 Å². The fraction of sp³-hybridized carbons (Fsp3) is 0.333. The molecular formula is C21H21ClFN3O4S. The Labute approximate surface area is 184 Å². The lowest BCUT2D eigenvalue weighted by atomic mass is 10.1. The average Bonchev–Trinajstić information content (AvgIpc) is 3.60. The van der Waals surface area contributed by atoms with Crippen molar-refractivity contribution in [2.24, 2.45) is 5.92 Å². The monoisotopic (exact) mass is 465 g/mol. The molecule has 31 heavy (non-hydrogen) atoms. The molecule has 164 valence electrons. The van der Waals surface area contributed by atoms with E-state index < -0.39 is 15.8 Å². The number of benzene rings is 2. The fourth-order valence-electron chi connectivity index (χ4n) is 3.44. The molecule has 1 saturated carbocycles. The van der Waals surface area contributed by atoms with Crippen LogP contribution >= 0.6 is 11.6 Å². The maximum Gasteiger partial charge on any atom is 0.261 e. The van der Waals surface area contributed by atoms with Gasteiger partial charge in [0.1, 0.15) is 5.82 Å². The third-order valence-electron chi connectivity index (χ3n) is 5.39. The number of sulfonamides is 1. The lowest BCUT2D eigenvalue weighted by Crippen LogP contribution is -2.51. The second kappa shape index (κ2) is 8.47. The van der Waals surface area contributed by atoms with Crippen LogP contribution in [0.4, 0.5) is 10.1 Å². The second-order valence-electron chi connectivity index (χ2n) is 7.65. The van der Waals surface area contributed by atoms with E-state index in [-0.39, 0.29) is 33.3 Å². The molecule has 2 aromatic rings. The molecule has 2 aliphatic rings. The van der Waals surface area contributed by atoms with Gasteiger partial charge in [0.2, 0.25) is 5.91 Å². The molecule has 2 amide bonds. The van der Waals surface area contributed by atoms with Crippen molar-refractivity contribution >= 4 is 39.1 Å². The molecule has 0 aromatic heterocycles. The van der Waals surface area contributed by atoms with Gasteiger partial charge >= 0.3 is 0 Å². The molecule has 1 aliphatic heterocycles. The van der Waals surface area contributed by atoms with Crippen molar-refractivity contribution in [2.75, 3.05) is 30.9 Å². The van der Waals surface area contributed by atoms with Crippen LogP contribution in [0.15, 0.2) is 47.4 Å². The zero-order valence-electron chi connectivity index (χ0n) is 16.6. The molecule has 1 heterocycles. The largest absolute Gasteiger partial charge is 0.339 e. The van der Waals surface area contributed by atoms with Crippen LogP contribution in [0, 0.1) is 11.7 Å². The lowest BCUT2D eigenvalue weighted by Gasteiger charge is -2.35. The zero-order valence-corrected chi connectivity index (χ0v) is 18.1. The molecule has 4 rings (SSSR count). The summed E-state index contributed by atoms with van der Waals surface area (Å²) in [4.78, 5) is 28.2. The molecule has 1 N–H and O–H groups in total. The number of nitrogens with zero attached hydrogens (tertiary/aromatic N) is 2.